The molecule has 128 valence electrons. The van der Waals surface area contributed by atoms with Crippen LogP contribution in [0.4, 0.5) is 0 Å². The summed E-state index contributed by atoms with van der Waals surface area (Å²) < 4.78 is 15.6. The zero-order valence-corrected chi connectivity index (χ0v) is 14.1. The van der Waals surface area contributed by atoms with Crippen molar-refractivity contribution in [2.24, 2.45) is 5.10 Å². The van der Waals surface area contributed by atoms with Gasteiger partial charge in [-0.1, -0.05) is 12.1 Å². The fourth-order valence-corrected chi connectivity index (χ4v) is 2.09. The van der Waals surface area contributed by atoms with E-state index in [1.54, 1.807) is 24.3 Å². The van der Waals surface area contributed by atoms with Crippen molar-refractivity contribution in [3.63, 3.8) is 0 Å². The fourth-order valence-electron chi connectivity index (χ4n) is 2.09. The van der Waals surface area contributed by atoms with Gasteiger partial charge < -0.3 is 14.2 Å². The van der Waals surface area contributed by atoms with Crippen LogP contribution < -0.4 is 19.6 Å². The Morgan fingerprint density at radius 2 is 1.68 bits per heavy atom. The third kappa shape index (κ3) is 4.26. The number of nitrogens with one attached hydrogen (secondary N) is 1. The van der Waals surface area contributed by atoms with Gasteiger partial charge in [0.2, 0.25) is 5.75 Å². The number of amides is 1. The van der Waals surface area contributed by atoms with Crippen molar-refractivity contribution in [3.8, 4) is 23.3 Å². The summed E-state index contributed by atoms with van der Waals surface area (Å²) >= 11 is 0. The van der Waals surface area contributed by atoms with Gasteiger partial charge in [0.25, 0.3) is 5.91 Å². The Balaban J connectivity index is 2.14. The lowest BCUT2D eigenvalue weighted by molar-refractivity contribution is 0.0954. The van der Waals surface area contributed by atoms with Crippen LogP contribution >= 0.6 is 0 Å². The lowest BCUT2D eigenvalue weighted by Crippen LogP contribution is -2.18. The van der Waals surface area contributed by atoms with E-state index >= 15 is 0 Å². The monoisotopic (exact) mass is 339 g/mol. The third-order valence-electron chi connectivity index (χ3n) is 3.35. The predicted molar refractivity (Wildman–Crippen MR) is 92.3 cm³/mol. The van der Waals surface area contributed by atoms with Crippen molar-refractivity contribution in [3.05, 3.63) is 53.1 Å². The van der Waals surface area contributed by atoms with Gasteiger partial charge in [-0.15, -0.1) is 0 Å². The number of methoxy groups -OCH3 is 3. The van der Waals surface area contributed by atoms with Crippen LogP contribution in [0.3, 0.4) is 0 Å². The van der Waals surface area contributed by atoms with Gasteiger partial charge in [-0.05, 0) is 29.8 Å². The molecule has 0 aromatic heterocycles. The number of hydrogen-bond donors (Lipinski definition) is 1. The molecule has 0 saturated heterocycles. The van der Waals surface area contributed by atoms with E-state index in [-0.39, 0.29) is 0 Å². The maximum absolute atomic E-state index is 12.3. The van der Waals surface area contributed by atoms with E-state index in [9.17, 15) is 4.79 Å². The SMILES string of the molecule is COc1cc(C(=O)NN=Cc2ccc(C#N)cc2)cc(OC)c1OC. The molecule has 2 aromatic rings. The molecule has 0 spiro atoms. The number of nitriles is 1. The van der Waals surface area contributed by atoms with Crippen molar-refractivity contribution in [1.29, 1.82) is 5.26 Å². The molecule has 0 fully saturated rings. The minimum atomic E-state index is -0.427. The molecule has 1 N–H and O–H groups in total. The second-order valence-electron chi connectivity index (χ2n) is 4.85. The molecule has 0 atom stereocenters. The van der Waals surface area contributed by atoms with Crippen LogP contribution in [-0.4, -0.2) is 33.5 Å². The number of rotatable bonds is 6. The summed E-state index contributed by atoms with van der Waals surface area (Å²) in [6, 6.07) is 11.9. The third-order valence-corrected chi connectivity index (χ3v) is 3.35. The minimum Gasteiger partial charge on any atom is -0.493 e. The van der Waals surface area contributed by atoms with Crippen LogP contribution in [0.5, 0.6) is 17.2 Å². The molecule has 0 heterocycles. The molecule has 0 saturated carbocycles. The Labute approximate surface area is 145 Å². The molecule has 2 rings (SSSR count). The smallest absolute Gasteiger partial charge is 0.271 e. The number of carbonyl (C=O) groups excluding carboxylic acids is 1. The average molecular weight is 339 g/mol. The Bertz CT molecular complexity index is 798. The summed E-state index contributed by atoms with van der Waals surface area (Å²) in [4.78, 5) is 12.3. The van der Waals surface area contributed by atoms with Crippen LogP contribution in [0.25, 0.3) is 0 Å². The molecular weight excluding hydrogens is 322 g/mol. The number of nitrogens with zero attached hydrogens (tertiary/aromatic N) is 2. The minimum absolute atomic E-state index is 0.312. The quantitative estimate of drug-likeness (QED) is 0.644. The van der Waals surface area contributed by atoms with Gasteiger partial charge in [0.15, 0.2) is 11.5 Å². The van der Waals surface area contributed by atoms with E-state index < -0.39 is 5.91 Å². The standard InChI is InChI=1S/C18H17N3O4/c1-23-15-8-14(9-16(24-2)17(15)25-3)18(22)21-20-11-13-6-4-12(10-19)5-7-13/h4-9,11H,1-3H3,(H,21,22). The highest BCUT2D eigenvalue weighted by Gasteiger charge is 2.16. The Morgan fingerprint density at radius 1 is 1.08 bits per heavy atom. The van der Waals surface area contributed by atoms with E-state index in [1.807, 2.05) is 6.07 Å². The first-order chi connectivity index (χ1) is 12.1. The van der Waals surface area contributed by atoms with E-state index in [2.05, 4.69) is 10.5 Å². The van der Waals surface area contributed by atoms with Crippen molar-refractivity contribution in [2.45, 2.75) is 0 Å². The number of carbonyl (C=O) groups is 1. The molecule has 0 radical (unpaired) electrons. The number of ether oxygens (including phenoxy) is 3. The highest BCUT2D eigenvalue weighted by atomic mass is 16.5. The highest BCUT2D eigenvalue weighted by molar-refractivity contribution is 5.96. The van der Waals surface area contributed by atoms with Crippen molar-refractivity contribution in [2.75, 3.05) is 21.3 Å². The van der Waals surface area contributed by atoms with Crippen LogP contribution in [0.1, 0.15) is 21.5 Å². The lowest BCUT2D eigenvalue weighted by Gasteiger charge is -2.13. The second-order valence-corrected chi connectivity index (χ2v) is 4.85. The lowest BCUT2D eigenvalue weighted by atomic mass is 10.1. The zero-order valence-electron chi connectivity index (χ0n) is 14.1. The molecule has 1 amide bonds. The highest BCUT2D eigenvalue weighted by Crippen LogP contribution is 2.38. The van der Waals surface area contributed by atoms with Crippen molar-refractivity contribution < 1.29 is 19.0 Å². The van der Waals surface area contributed by atoms with Gasteiger partial charge in [0.05, 0.1) is 39.2 Å². The van der Waals surface area contributed by atoms with E-state index in [0.717, 1.165) is 5.56 Å². The first-order valence-corrected chi connectivity index (χ1v) is 7.26. The molecule has 0 aliphatic carbocycles. The maximum Gasteiger partial charge on any atom is 0.271 e. The van der Waals surface area contributed by atoms with E-state index in [1.165, 1.54) is 39.7 Å². The fraction of sp³-hybridized carbons (Fsp3) is 0.167. The molecule has 0 unspecified atom stereocenters. The van der Waals surface area contributed by atoms with Gasteiger partial charge in [0.1, 0.15) is 0 Å². The van der Waals surface area contributed by atoms with Crippen LogP contribution in [0.2, 0.25) is 0 Å². The first kappa shape index (κ1) is 17.8. The average Bonchev–Trinajstić information content (AvgIpc) is 2.67. The summed E-state index contributed by atoms with van der Waals surface area (Å²) in [7, 11) is 4.44. The van der Waals surface area contributed by atoms with Crippen LogP contribution in [0.15, 0.2) is 41.5 Å². The molecule has 0 bridgehead atoms. The summed E-state index contributed by atoms with van der Waals surface area (Å²) in [5, 5.41) is 12.7. The molecule has 0 aliphatic rings. The van der Waals surface area contributed by atoms with Gasteiger partial charge in [-0.25, -0.2) is 5.43 Å². The Hall–Kier alpha value is -3.53. The summed E-state index contributed by atoms with van der Waals surface area (Å²) in [6.07, 6.45) is 1.48. The summed E-state index contributed by atoms with van der Waals surface area (Å²) in [5.74, 6) is 0.734. The Morgan fingerprint density at radius 3 is 2.16 bits per heavy atom. The van der Waals surface area contributed by atoms with Gasteiger partial charge in [0, 0.05) is 5.56 Å². The largest absolute Gasteiger partial charge is 0.493 e. The number of benzene rings is 2. The van der Waals surface area contributed by atoms with Gasteiger partial charge >= 0.3 is 0 Å². The van der Waals surface area contributed by atoms with E-state index in [0.29, 0.717) is 28.4 Å². The molecule has 25 heavy (non-hydrogen) atoms. The first-order valence-electron chi connectivity index (χ1n) is 7.26. The number of hydrazone groups is 1. The predicted octanol–water partition coefficient (Wildman–Crippen LogP) is 2.35. The van der Waals surface area contributed by atoms with Gasteiger partial charge in [-0.3, -0.25) is 4.79 Å². The molecule has 7 nitrogen and oxygen atoms in total. The Kier molecular flexibility index (Phi) is 5.96. The van der Waals surface area contributed by atoms with E-state index in [4.69, 9.17) is 19.5 Å². The topological polar surface area (TPSA) is 92.9 Å². The summed E-state index contributed by atoms with van der Waals surface area (Å²) in [5.41, 5.74) is 4.05. The molecular formula is C18H17N3O4. The second kappa shape index (κ2) is 8.36. The van der Waals surface area contributed by atoms with Crippen LogP contribution in [-0.2, 0) is 0 Å². The molecule has 7 heteroatoms. The van der Waals surface area contributed by atoms with Gasteiger partial charge in [-0.2, -0.15) is 10.4 Å². The van der Waals surface area contributed by atoms with Crippen molar-refractivity contribution >= 4 is 12.1 Å². The van der Waals surface area contributed by atoms with Crippen molar-refractivity contribution in [1.82, 2.24) is 5.43 Å². The maximum atomic E-state index is 12.3. The molecule has 2 aromatic carbocycles. The summed E-state index contributed by atoms with van der Waals surface area (Å²) in [6.45, 7) is 0. The normalized spacial score (nSPS) is 10.2. The molecule has 0 aliphatic heterocycles. The number of hydrogen-bond acceptors (Lipinski definition) is 6. The van der Waals surface area contributed by atoms with Crippen LogP contribution in [0, 0.1) is 11.3 Å². The zero-order chi connectivity index (χ0) is 18.2.